The number of nitrogens with one attached hydrogen (secondary N) is 2. The predicted octanol–water partition coefficient (Wildman–Crippen LogP) is 1.14. The molecule has 1 aliphatic heterocycles. The van der Waals surface area contributed by atoms with Crippen LogP contribution in [0.15, 0.2) is 23.1 Å². The molecule has 108 valence electrons. The summed E-state index contributed by atoms with van der Waals surface area (Å²) < 4.78 is 27.1. The summed E-state index contributed by atoms with van der Waals surface area (Å²) in [5, 5.41) is 12.1. The highest BCUT2D eigenvalue weighted by Crippen LogP contribution is 2.17. The minimum absolute atomic E-state index is 0.251. The molecular formula is C14H19N3O2S. The van der Waals surface area contributed by atoms with Crippen molar-refractivity contribution < 1.29 is 8.42 Å². The lowest BCUT2D eigenvalue weighted by molar-refractivity contribution is 0.519. The van der Waals surface area contributed by atoms with Crippen molar-refractivity contribution in [3.8, 4) is 6.07 Å². The number of rotatable bonds is 5. The van der Waals surface area contributed by atoms with Gasteiger partial charge in [-0.1, -0.05) is 0 Å². The fourth-order valence-electron chi connectivity index (χ4n) is 2.46. The molecule has 1 atom stereocenters. The second-order valence-electron chi connectivity index (χ2n) is 5.14. The highest BCUT2D eigenvalue weighted by atomic mass is 32.2. The molecule has 0 aromatic heterocycles. The zero-order valence-electron chi connectivity index (χ0n) is 11.5. The largest absolute Gasteiger partial charge is 0.316 e. The van der Waals surface area contributed by atoms with E-state index in [1.165, 1.54) is 12.1 Å². The number of nitrogens with zero attached hydrogens (tertiary/aromatic N) is 1. The lowest BCUT2D eigenvalue weighted by atomic mass is 10.1. The van der Waals surface area contributed by atoms with Crippen LogP contribution in [0.2, 0.25) is 0 Å². The first-order valence-corrected chi connectivity index (χ1v) is 8.22. The third-order valence-electron chi connectivity index (χ3n) is 3.60. The molecule has 1 aromatic carbocycles. The van der Waals surface area contributed by atoms with Crippen LogP contribution in [-0.2, 0) is 10.0 Å². The SMILES string of the molecule is Cc1cc(C#N)ccc1S(=O)(=O)NCCC1CCNC1. The minimum Gasteiger partial charge on any atom is -0.316 e. The summed E-state index contributed by atoms with van der Waals surface area (Å²) >= 11 is 0. The Morgan fingerprint density at radius 1 is 1.50 bits per heavy atom. The number of nitriles is 1. The van der Waals surface area contributed by atoms with E-state index in [9.17, 15) is 8.42 Å². The van der Waals surface area contributed by atoms with Crippen molar-refractivity contribution in [1.82, 2.24) is 10.0 Å². The van der Waals surface area contributed by atoms with Crippen molar-refractivity contribution in [2.24, 2.45) is 5.92 Å². The van der Waals surface area contributed by atoms with Crippen molar-refractivity contribution >= 4 is 10.0 Å². The van der Waals surface area contributed by atoms with Gasteiger partial charge in [0.25, 0.3) is 0 Å². The molecule has 1 heterocycles. The summed E-state index contributed by atoms with van der Waals surface area (Å²) in [6.07, 6.45) is 1.96. The molecule has 20 heavy (non-hydrogen) atoms. The lowest BCUT2D eigenvalue weighted by Crippen LogP contribution is -2.27. The van der Waals surface area contributed by atoms with Crippen LogP contribution in [0.4, 0.5) is 0 Å². The zero-order chi connectivity index (χ0) is 14.6. The van der Waals surface area contributed by atoms with Gasteiger partial charge in [0, 0.05) is 6.54 Å². The predicted molar refractivity (Wildman–Crippen MR) is 76.7 cm³/mol. The molecule has 1 fully saturated rings. The minimum atomic E-state index is -3.49. The maximum absolute atomic E-state index is 12.2. The van der Waals surface area contributed by atoms with E-state index in [2.05, 4.69) is 10.0 Å². The third kappa shape index (κ3) is 3.57. The quantitative estimate of drug-likeness (QED) is 0.853. The van der Waals surface area contributed by atoms with Crippen molar-refractivity contribution in [3.63, 3.8) is 0 Å². The van der Waals surface area contributed by atoms with Crippen molar-refractivity contribution in [1.29, 1.82) is 5.26 Å². The van der Waals surface area contributed by atoms with Gasteiger partial charge in [0.05, 0.1) is 16.5 Å². The fourth-order valence-corrected chi connectivity index (χ4v) is 3.73. The van der Waals surface area contributed by atoms with Crippen LogP contribution in [0.3, 0.4) is 0 Å². The summed E-state index contributed by atoms with van der Waals surface area (Å²) in [5.74, 6) is 0.555. The van der Waals surface area contributed by atoms with Gasteiger partial charge in [0.15, 0.2) is 0 Å². The molecule has 0 bridgehead atoms. The Kier molecular flexibility index (Phi) is 4.76. The number of aryl methyl sites for hydroxylation is 1. The van der Waals surface area contributed by atoms with E-state index in [-0.39, 0.29) is 4.90 Å². The number of hydrogen-bond donors (Lipinski definition) is 2. The summed E-state index contributed by atoms with van der Waals surface area (Å²) in [7, 11) is -3.49. The van der Waals surface area contributed by atoms with Gasteiger partial charge in [0.1, 0.15) is 0 Å². The van der Waals surface area contributed by atoms with Gasteiger partial charge >= 0.3 is 0 Å². The molecule has 0 spiro atoms. The Bertz CT molecular complexity index is 614. The van der Waals surface area contributed by atoms with E-state index >= 15 is 0 Å². The highest BCUT2D eigenvalue weighted by Gasteiger charge is 2.19. The van der Waals surface area contributed by atoms with Crippen LogP contribution in [0.1, 0.15) is 24.0 Å². The van der Waals surface area contributed by atoms with Gasteiger partial charge in [-0.25, -0.2) is 13.1 Å². The molecule has 0 saturated carbocycles. The summed E-state index contributed by atoms with van der Waals surface area (Å²) in [5.41, 5.74) is 1.07. The topological polar surface area (TPSA) is 82.0 Å². The summed E-state index contributed by atoms with van der Waals surface area (Å²) in [6, 6.07) is 6.62. The molecule has 2 N–H and O–H groups in total. The average Bonchev–Trinajstić information content (AvgIpc) is 2.91. The molecule has 0 aliphatic carbocycles. The Hall–Kier alpha value is -1.42. The van der Waals surface area contributed by atoms with Crippen LogP contribution in [0, 0.1) is 24.2 Å². The van der Waals surface area contributed by atoms with Crippen molar-refractivity contribution in [2.75, 3.05) is 19.6 Å². The second-order valence-corrected chi connectivity index (χ2v) is 6.87. The van der Waals surface area contributed by atoms with Crippen LogP contribution in [0.25, 0.3) is 0 Å². The maximum atomic E-state index is 12.2. The Labute approximate surface area is 120 Å². The lowest BCUT2D eigenvalue weighted by Gasteiger charge is -2.11. The van der Waals surface area contributed by atoms with E-state index in [4.69, 9.17) is 5.26 Å². The first-order valence-electron chi connectivity index (χ1n) is 6.74. The van der Waals surface area contributed by atoms with E-state index in [1.807, 2.05) is 6.07 Å². The zero-order valence-corrected chi connectivity index (χ0v) is 12.3. The number of benzene rings is 1. The molecule has 1 aromatic rings. The summed E-state index contributed by atoms with van der Waals surface area (Å²) in [4.78, 5) is 0.251. The second kappa shape index (κ2) is 6.35. The molecular weight excluding hydrogens is 274 g/mol. The molecule has 0 radical (unpaired) electrons. The number of hydrogen-bond acceptors (Lipinski definition) is 4. The normalized spacial score (nSPS) is 18.9. The first kappa shape index (κ1) is 15.0. The first-order chi connectivity index (χ1) is 9.53. The smallest absolute Gasteiger partial charge is 0.240 e. The van der Waals surface area contributed by atoms with Gasteiger partial charge < -0.3 is 5.32 Å². The third-order valence-corrected chi connectivity index (χ3v) is 5.22. The highest BCUT2D eigenvalue weighted by molar-refractivity contribution is 7.89. The van der Waals surface area contributed by atoms with E-state index in [0.29, 0.717) is 23.6 Å². The van der Waals surface area contributed by atoms with Crippen LogP contribution in [0.5, 0.6) is 0 Å². The standard InChI is InChI=1S/C14H19N3O2S/c1-11-8-13(9-15)2-3-14(11)20(18,19)17-7-5-12-4-6-16-10-12/h2-3,8,12,16-17H,4-7,10H2,1H3. The molecule has 5 nitrogen and oxygen atoms in total. The van der Waals surface area contributed by atoms with E-state index in [0.717, 1.165) is 25.9 Å². The maximum Gasteiger partial charge on any atom is 0.240 e. The van der Waals surface area contributed by atoms with Crippen molar-refractivity contribution in [2.45, 2.75) is 24.7 Å². The van der Waals surface area contributed by atoms with E-state index < -0.39 is 10.0 Å². The monoisotopic (exact) mass is 293 g/mol. The number of sulfonamides is 1. The fraction of sp³-hybridized carbons (Fsp3) is 0.500. The van der Waals surface area contributed by atoms with Gasteiger partial charge in [-0.2, -0.15) is 5.26 Å². The molecule has 1 unspecified atom stereocenters. The molecule has 2 rings (SSSR count). The van der Waals surface area contributed by atoms with E-state index in [1.54, 1.807) is 13.0 Å². The average molecular weight is 293 g/mol. The van der Waals surface area contributed by atoms with Crippen LogP contribution >= 0.6 is 0 Å². The molecule has 1 saturated heterocycles. The Balaban J connectivity index is 2.00. The van der Waals surface area contributed by atoms with Gasteiger partial charge in [-0.15, -0.1) is 0 Å². The summed E-state index contributed by atoms with van der Waals surface area (Å²) in [6.45, 7) is 4.15. The Morgan fingerprint density at radius 2 is 2.30 bits per heavy atom. The van der Waals surface area contributed by atoms with Gasteiger partial charge in [-0.05, 0) is 62.5 Å². The van der Waals surface area contributed by atoms with Crippen LogP contribution in [-0.4, -0.2) is 28.1 Å². The van der Waals surface area contributed by atoms with Crippen molar-refractivity contribution in [3.05, 3.63) is 29.3 Å². The van der Waals surface area contributed by atoms with Crippen LogP contribution < -0.4 is 10.0 Å². The van der Waals surface area contributed by atoms with Gasteiger partial charge in [-0.3, -0.25) is 0 Å². The molecule has 1 aliphatic rings. The Morgan fingerprint density at radius 3 is 2.90 bits per heavy atom. The molecule has 0 amide bonds. The van der Waals surface area contributed by atoms with Gasteiger partial charge in [0.2, 0.25) is 10.0 Å². The molecule has 6 heteroatoms.